The zero-order valence-corrected chi connectivity index (χ0v) is 18.8. The molecule has 162 valence electrons. The second kappa shape index (κ2) is 7.19. The van der Waals surface area contributed by atoms with E-state index in [1.54, 1.807) is 0 Å². The van der Waals surface area contributed by atoms with Crippen LogP contribution in [0.4, 0.5) is 0 Å². The number of hydrogen-bond acceptors (Lipinski definition) is 3. The molecule has 0 amide bonds. The lowest BCUT2D eigenvalue weighted by molar-refractivity contribution is -0.280. The SMILES string of the molecule is COC1(OC2CCC3C4CCC5CC(=O)C=CC5(C)C4CCC23C)CCCCC1. The number of ketones is 1. The van der Waals surface area contributed by atoms with Crippen LogP contribution in [0.3, 0.4) is 0 Å². The molecule has 5 aliphatic carbocycles. The Morgan fingerprint density at radius 3 is 2.48 bits per heavy atom. The molecule has 7 unspecified atom stereocenters. The number of fused-ring (bicyclic) bond motifs is 5. The van der Waals surface area contributed by atoms with E-state index in [0.717, 1.165) is 37.0 Å². The van der Waals surface area contributed by atoms with Crippen molar-refractivity contribution in [2.45, 2.75) is 103 Å². The number of hydrogen-bond donors (Lipinski definition) is 0. The average molecular weight is 401 g/mol. The number of methoxy groups -OCH3 is 1. The van der Waals surface area contributed by atoms with Gasteiger partial charge in [0.1, 0.15) is 0 Å². The van der Waals surface area contributed by atoms with Crippen molar-refractivity contribution in [1.82, 2.24) is 0 Å². The molecule has 5 rings (SSSR count). The van der Waals surface area contributed by atoms with Crippen LogP contribution in [0.5, 0.6) is 0 Å². The predicted octanol–water partition coefficient (Wildman–Crippen LogP) is 6.07. The van der Waals surface area contributed by atoms with Crippen LogP contribution in [-0.4, -0.2) is 24.8 Å². The van der Waals surface area contributed by atoms with Gasteiger partial charge in [-0.15, -0.1) is 0 Å². The van der Waals surface area contributed by atoms with E-state index in [2.05, 4.69) is 19.9 Å². The molecule has 5 aliphatic rings. The highest BCUT2D eigenvalue weighted by atomic mass is 16.7. The average Bonchev–Trinajstić information content (AvgIpc) is 3.05. The molecule has 7 atom stereocenters. The first-order chi connectivity index (χ1) is 13.9. The lowest BCUT2D eigenvalue weighted by Crippen LogP contribution is -2.54. The Kier molecular flexibility index (Phi) is 5.02. The van der Waals surface area contributed by atoms with Crippen LogP contribution in [0.15, 0.2) is 12.2 Å². The first kappa shape index (κ1) is 20.2. The maximum absolute atomic E-state index is 12.0. The molecular formula is C26H40O3. The van der Waals surface area contributed by atoms with Gasteiger partial charge in [-0.25, -0.2) is 0 Å². The van der Waals surface area contributed by atoms with E-state index in [0.29, 0.717) is 23.2 Å². The third-order valence-corrected chi connectivity index (χ3v) is 10.3. The van der Waals surface area contributed by atoms with Crippen LogP contribution >= 0.6 is 0 Å². The van der Waals surface area contributed by atoms with Crippen molar-refractivity contribution in [2.75, 3.05) is 7.11 Å². The van der Waals surface area contributed by atoms with Crippen LogP contribution in [0, 0.1) is 34.5 Å². The molecule has 3 nitrogen and oxygen atoms in total. The minimum absolute atomic E-state index is 0.230. The fourth-order valence-corrected chi connectivity index (χ4v) is 8.50. The highest BCUT2D eigenvalue weighted by Crippen LogP contribution is 2.66. The summed E-state index contributed by atoms with van der Waals surface area (Å²) in [5, 5.41) is 0. The number of carbonyl (C=O) groups excluding carboxylic acids is 1. The van der Waals surface area contributed by atoms with Gasteiger partial charge in [0.25, 0.3) is 0 Å². The Morgan fingerprint density at radius 2 is 1.72 bits per heavy atom. The number of rotatable bonds is 3. The van der Waals surface area contributed by atoms with E-state index in [4.69, 9.17) is 9.47 Å². The standard InChI is InChI=1S/C26H40O3/c1-24-15-11-19(27)17-18(24)7-8-20-21-9-10-23(25(21,2)16-12-22(20)24)29-26(28-3)13-5-4-6-14-26/h11,15,18,20-23H,4-10,12-14,16-17H2,1-3H3. The minimum atomic E-state index is -0.326. The Balaban J connectivity index is 1.37. The van der Waals surface area contributed by atoms with Crippen LogP contribution in [0.2, 0.25) is 0 Å². The Morgan fingerprint density at radius 1 is 0.931 bits per heavy atom. The van der Waals surface area contributed by atoms with Gasteiger partial charge in [0.05, 0.1) is 6.10 Å². The number of ether oxygens (including phenoxy) is 2. The second-order valence-corrected chi connectivity index (χ2v) is 11.4. The summed E-state index contributed by atoms with van der Waals surface area (Å²) in [5.74, 6) is 2.90. The number of allylic oxidation sites excluding steroid dienone is 2. The zero-order valence-electron chi connectivity index (χ0n) is 18.8. The summed E-state index contributed by atoms with van der Waals surface area (Å²) in [4.78, 5) is 12.0. The zero-order chi connectivity index (χ0) is 20.3. The van der Waals surface area contributed by atoms with Gasteiger partial charge in [-0.2, -0.15) is 0 Å². The summed E-state index contributed by atoms with van der Waals surface area (Å²) in [6, 6.07) is 0. The van der Waals surface area contributed by atoms with Crippen LogP contribution in [0.1, 0.15) is 90.9 Å². The van der Waals surface area contributed by atoms with Gasteiger partial charge in [0.2, 0.25) is 0 Å². The van der Waals surface area contributed by atoms with Gasteiger partial charge in [-0.05, 0) is 91.9 Å². The maximum Gasteiger partial charge on any atom is 0.168 e. The van der Waals surface area contributed by atoms with Gasteiger partial charge in [-0.1, -0.05) is 26.3 Å². The van der Waals surface area contributed by atoms with E-state index < -0.39 is 0 Å². The molecule has 0 radical (unpaired) electrons. The van der Waals surface area contributed by atoms with Crippen molar-refractivity contribution in [2.24, 2.45) is 34.5 Å². The lowest BCUT2D eigenvalue weighted by Gasteiger charge is -2.59. The van der Waals surface area contributed by atoms with E-state index in [9.17, 15) is 4.79 Å². The molecule has 4 saturated carbocycles. The minimum Gasteiger partial charge on any atom is -0.353 e. The molecule has 29 heavy (non-hydrogen) atoms. The van der Waals surface area contributed by atoms with Crippen molar-refractivity contribution in [1.29, 1.82) is 0 Å². The maximum atomic E-state index is 12.0. The fourth-order valence-electron chi connectivity index (χ4n) is 8.50. The molecule has 3 heteroatoms. The van der Waals surface area contributed by atoms with Gasteiger partial charge in [0.15, 0.2) is 11.6 Å². The quantitative estimate of drug-likeness (QED) is 0.540. The largest absolute Gasteiger partial charge is 0.353 e. The van der Waals surface area contributed by atoms with Gasteiger partial charge >= 0.3 is 0 Å². The normalized spacial score (nSPS) is 48.7. The van der Waals surface area contributed by atoms with Gasteiger partial charge < -0.3 is 9.47 Å². The van der Waals surface area contributed by atoms with Crippen molar-refractivity contribution >= 4 is 5.78 Å². The molecule has 4 fully saturated rings. The summed E-state index contributed by atoms with van der Waals surface area (Å²) < 4.78 is 12.9. The van der Waals surface area contributed by atoms with Gasteiger partial charge in [-0.3, -0.25) is 4.79 Å². The van der Waals surface area contributed by atoms with E-state index in [-0.39, 0.29) is 11.2 Å². The molecule has 0 aromatic rings. The second-order valence-electron chi connectivity index (χ2n) is 11.4. The molecule has 0 aliphatic heterocycles. The molecule has 0 bridgehead atoms. The molecule has 0 spiro atoms. The Labute approximate surface area is 177 Å². The summed E-state index contributed by atoms with van der Waals surface area (Å²) in [6.07, 6.45) is 18.9. The topological polar surface area (TPSA) is 35.5 Å². The van der Waals surface area contributed by atoms with Crippen molar-refractivity contribution in [3.8, 4) is 0 Å². The Hall–Kier alpha value is -0.670. The molecule has 0 aromatic heterocycles. The van der Waals surface area contributed by atoms with Gasteiger partial charge in [0, 0.05) is 26.4 Å². The van der Waals surface area contributed by atoms with Crippen LogP contribution in [-0.2, 0) is 14.3 Å². The summed E-state index contributed by atoms with van der Waals surface area (Å²) in [6.45, 7) is 5.00. The third kappa shape index (κ3) is 3.09. The van der Waals surface area contributed by atoms with E-state index >= 15 is 0 Å². The van der Waals surface area contributed by atoms with Crippen molar-refractivity contribution in [3.05, 3.63) is 12.2 Å². The first-order valence-corrected chi connectivity index (χ1v) is 12.4. The number of carbonyl (C=O) groups is 1. The van der Waals surface area contributed by atoms with E-state index in [1.807, 2.05) is 13.2 Å². The predicted molar refractivity (Wildman–Crippen MR) is 114 cm³/mol. The van der Waals surface area contributed by atoms with E-state index in [1.165, 1.54) is 57.8 Å². The summed E-state index contributed by atoms with van der Waals surface area (Å²) in [5.41, 5.74) is 0.524. The highest BCUT2D eigenvalue weighted by molar-refractivity contribution is 5.91. The Bertz CT molecular complexity index is 677. The molecule has 0 heterocycles. The molecular weight excluding hydrogens is 360 g/mol. The van der Waals surface area contributed by atoms with Crippen molar-refractivity contribution < 1.29 is 14.3 Å². The van der Waals surface area contributed by atoms with Crippen LogP contribution < -0.4 is 0 Å². The smallest absolute Gasteiger partial charge is 0.168 e. The van der Waals surface area contributed by atoms with Crippen LogP contribution in [0.25, 0.3) is 0 Å². The lowest BCUT2D eigenvalue weighted by atomic mass is 9.46. The summed E-state index contributed by atoms with van der Waals surface area (Å²) in [7, 11) is 1.86. The highest BCUT2D eigenvalue weighted by Gasteiger charge is 2.60. The van der Waals surface area contributed by atoms with Crippen molar-refractivity contribution in [3.63, 3.8) is 0 Å². The first-order valence-electron chi connectivity index (χ1n) is 12.4. The molecule has 0 aromatic carbocycles. The third-order valence-electron chi connectivity index (χ3n) is 10.3. The monoisotopic (exact) mass is 400 g/mol. The molecule has 0 saturated heterocycles. The molecule has 0 N–H and O–H groups in total. The summed E-state index contributed by atoms with van der Waals surface area (Å²) >= 11 is 0. The fraction of sp³-hybridized carbons (Fsp3) is 0.885.